The molecule has 0 saturated heterocycles. The maximum atomic E-state index is 12.2. The number of ketones is 1. The van der Waals surface area contributed by atoms with Gasteiger partial charge in [-0.3, -0.25) is 4.79 Å². The minimum atomic E-state index is -0.552. The number of anilines is 1. The summed E-state index contributed by atoms with van der Waals surface area (Å²) in [6.07, 6.45) is 0. The number of halogens is 1. The summed E-state index contributed by atoms with van der Waals surface area (Å²) in [6.45, 7) is 0. The van der Waals surface area contributed by atoms with E-state index in [0.29, 0.717) is 15.5 Å². The zero-order valence-corrected chi connectivity index (χ0v) is 11.5. The lowest BCUT2D eigenvalue weighted by molar-refractivity contribution is 0.0602. The molecule has 0 aliphatic carbocycles. The molecular formula is C13H10ClNO3S. The van der Waals surface area contributed by atoms with E-state index in [4.69, 9.17) is 17.3 Å². The fraction of sp³-hybridized carbons (Fsp3) is 0.0769. The molecule has 0 radical (unpaired) electrons. The Morgan fingerprint density at radius 3 is 2.47 bits per heavy atom. The number of carbonyl (C=O) groups is 2. The third-order valence-corrected chi connectivity index (χ3v) is 3.71. The van der Waals surface area contributed by atoms with E-state index in [1.165, 1.54) is 13.2 Å². The van der Waals surface area contributed by atoms with Gasteiger partial charge in [0.05, 0.1) is 17.6 Å². The summed E-state index contributed by atoms with van der Waals surface area (Å²) in [5, 5.41) is 0.821. The number of carbonyl (C=O) groups excluding carboxylic acids is 2. The molecule has 0 atom stereocenters. The number of hydrogen-bond donors (Lipinski definition) is 1. The summed E-state index contributed by atoms with van der Waals surface area (Å²) in [6, 6.07) is 7.96. The molecule has 2 rings (SSSR count). The predicted octanol–water partition coefficient (Wildman–Crippen LogP) is 3.00. The van der Waals surface area contributed by atoms with Gasteiger partial charge in [0.1, 0.15) is 5.00 Å². The number of thiophene rings is 1. The molecule has 2 N–H and O–H groups in total. The van der Waals surface area contributed by atoms with E-state index in [0.717, 1.165) is 11.3 Å². The van der Waals surface area contributed by atoms with Gasteiger partial charge >= 0.3 is 5.97 Å². The van der Waals surface area contributed by atoms with Crippen LogP contribution in [0.15, 0.2) is 30.3 Å². The van der Waals surface area contributed by atoms with Crippen LogP contribution in [0.1, 0.15) is 25.6 Å². The second kappa shape index (κ2) is 5.42. The van der Waals surface area contributed by atoms with E-state index in [2.05, 4.69) is 4.74 Å². The van der Waals surface area contributed by atoms with Crippen molar-refractivity contribution in [1.82, 2.24) is 0 Å². The first-order valence-electron chi connectivity index (χ1n) is 5.31. The average Bonchev–Trinajstić information content (AvgIpc) is 2.80. The number of benzene rings is 1. The topological polar surface area (TPSA) is 69.4 Å². The van der Waals surface area contributed by atoms with Crippen LogP contribution in [0.4, 0.5) is 5.00 Å². The van der Waals surface area contributed by atoms with Gasteiger partial charge in [-0.1, -0.05) is 11.6 Å². The van der Waals surface area contributed by atoms with Gasteiger partial charge in [-0.05, 0) is 30.3 Å². The number of nitrogens with two attached hydrogens (primary N) is 1. The molecule has 0 spiro atoms. The van der Waals surface area contributed by atoms with Gasteiger partial charge in [-0.2, -0.15) is 0 Å². The summed E-state index contributed by atoms with van der Waals surface area (Å²) >= 11 is 6.82. The second-order valence-electron chi connectivity index (χ2n) is 3.72. The number of rotatable bonds is 3. The van der Waals surface area contributed by atoms with Crippen molar-refractivity contribution in [3.63, 3.8) is 0 Å². The van der Waals surface area contributed by atoms with Crippen molar-refractivity contribution in [2.75, 3.05) is 12.8 Å². The highest BCUT2D eigenvalue weighted by molar-refractivity contribution is 7.18. The molecule has 1 aromatic heterocycles. The Labute approximate surface area is 118 Å². The molecule has 2 aromatic rings. The molecule has 0 bridgehead atoms. The Kier molecular flexibility index (Phi) is 3.87. The van der Waals surface area contributed by atoms with Crippen LogP contribution in [-0.2, 0) is 4.74 Å². The Balaban J connectivity index is 2.34. The Morgan fingerprint density at radius 1 is 1.26 bits per heavy atom. The highest BCUT2D eigenvalue weighted by Gasteiger charge is 2.19. The molecule has 4 nitrogen and oxygen atoms in total. The average molecular weight is 296 g/mol. The van der Waals surface area contributed by atoms with Crippen molar-refractivity contribution in [2.45, 2.75) is 0 Å². The number of hydrogen-bond acceptors (Lipinski definition) is 5. The first kappa shape index (κ1) is 13.6. The second-order valence-corrected chi connectivity index (χ2v) is 5.24. The van der Waals surface area contributed by atoms with Gasteiger partial charge in [-0.15, -0.1) is 11.3 Å². The molecule has 1 heterocycles. The molecule has 0 aliphatic heterocycles. The SMILES string of the molecule is COC(=O)c1cc(C(=O)c2ccc(Cl)cc2)sc1N. The fourth-order valence-electron chi connectivity index (χ4n) is 1.53. The first-order valence-corrected chi connectivity index (χ1v) is 6.50. The molecule has 0 aliphatic rings. The van der Waals surface area contributed by atoms with Gasteiger partial charge in [0, 0.05) is 10.6 Å². The molecule has 98 valence electrons. The fourth-order valence-corrected chi connectivity index (χ4v) is 2.53. The number of esters is 1. The highest BCUT2D eigenvalue weighted by Crippen LogP contribution is 2.27. The zero-order chi connectivity index (χ0) is 14.0. The van der Waals surface area contributed by atoms with Crippen molar-refractivity contribution in [2.24, 2.45) is 0 Å². The van der Waals surface area contributed by atoms with Crippen LogP contribution in [0.5, 0.6) is 0 Å². The Morgan fingerprint density at radius 2 is 1.89 bits per heavy atom. The standard InChI is InChI=1S/C13H10ClNO3S/c1-18-13(17)9-6-10(19-12(9)15)11(16)7-2-4-8(14)5-3-7/h2-6H,15H2,1H3. The molecule has 6 heteroatoms. The summed E-state index contributed by atoms with van der Waals surface area (Å²) in [5.41, 5.74) is 6.40. The van der Waals surface area contributed by atoms with Crippen molar-refractivity contribution >= 4 is 39.7 Å². The zero-order valence-electron chi connectivity index (χ0n) is 9.98. The Hall–Kier alpha value is -1.85. The smallest absolute Gasteiger partial charge is 0.340 e. The molecule has 0 amide bonds. The van der Waals surface area contributed by atoms with Gasteiger partial charge < -0.3 is 10.5 Å². The predicted molar refractivity (Wildman–Crippen MR) is 75.0 cm³/mol. The number of methoxy groups -OCH3 is 1. The number of nitrogen functional groups attached to an aromatic ring is 1. The van der Waals surface area contributed by atoms with E-state index >= 15 is 0 Å². The van der Waals surface area contributed by atoms with Crippen molar-refractivity contribution in [3.8, 4) is 0 Å². The van der Waals surface area contributed by atoms with E-state index < -0.39 is 5.97 Å². The van der Waals surface area contributed by atoms with Crippen molar-refractivity contribution in [1.29, 1.82) is 0 Å². The summed E-state index contributed by atoms with van der Waals surface area (Å²) in [5.74, 6) is -0.757. The molecule has 19 heavy (non-hydrogen) atoms. The summed E-state index contributed by atoms with van der Waals surface area (Å²) in [7, 11) is 1.26. The third kappa shape index (κ3) is 2.77. The van der Waals surface area contributed by atoms with Crippen LogP contribution in [0.3, 0.4) is 0 Å². The van der Waals surface area contributed by atoms with E-state index in [1.54, 1.807) is 24.3 Å². The van der Waals surface area contributed by atoms with Crippen LogP contribution in [-0.4, -0.2) is 18.9 Å². The van der Waals surface area contributed by atoms with E-state index in [1.807, 2.05) is 0 Å². The monoisotopic (exact) mass is 295 g/mol. The van der Waals surface area contributed by atoms with Crippen LogP contribution < -0.4 is 5.73 Å². The lowest BCUT2D eigenvalue weighted by Crippen LogP contribution is -2.02. The van der Waals surface area contributed by atoms with Crippen molar-refractivity contribution in [3.05, 3.63) is 51.4 Å². The molecule has 1 aromatic carbocycles. The van der Waals surface area contributed by atoms with Crippen LogP contribution >= 0.6 is 22.9 Å². The Bertz CT molecular complexity index is 634. The lowest BCUT2D eigenvalue weighted by Gasteiger charge is -1.97. The van der Waals surface area contributed by atoms with Gasteiger partial charge in [0.25, 0.3) is 0 Å². The van der Waals surface area contributed by atoms with Gasteiger partial charge in [-0.25, -0.2) is 4.79 Å². The van der Waals surface area contributed by atoms with Gasteiger partial charge in [0.2, 0.25) is 5.78 Å². The summed E-state index contributed by atoms with van der Waals surface area (Å²) in [4.78, 5) is 24.0. The lowest BCUT2D eigenvalue weighted by atomic mass is 10.1. The van der Waals surface area contributed by atoms with E-state index in [9.17, 15) is 9.59 Å². The number of ether oxygens (including phenoxy) is 1. The van der Waals surface area contributed by atoms with Crippen molar-refractivity contribution < 1.29 is 14.3 Å². The maximum absolute atomic E-state index is 12.2. The molecule has 0 fully saturated rings. The first-order chi connectivity index (χ1) is 9.02. The largest absolute Gasteiger partial charge is 0.465 e. The summed E-state index contributed by atoms with van der Waals surface area (Å²) < 4.78 is 4.59. The van der Waals surface area contributed by atoms with E-state index in [-0.39, 0.29) is 16.3 Å². The molecular weight excluding hydrogens is 286 g/mol. The van der Waals surface area contributed by atoms with Crippen LogP contribution in [0, 0.1) is 0 Å². The normalized spacial score (nSPS) is 10.2. The van der Waals surface area contributed by atoms with Crippen LogP contribution in [0.25, 0.3) is 0 Å². The molecule has 0 saturated carbocycles. The minimum Gasteiger partial charge on any atom is -0.465 e. The maximum Gasteiger partial charge on any atom is 0.340 e. The quantitative estimate of drug-likeness (QED) is 0.698. The molecule has 0 unspecified atom stereocenters. The minimum absolute atomic E-state index is 0.205. The third-order valence-electron chi connectivity index (χ3n) is 2.50. The van der Waals surface area contributed by atoms with Crippen LogP contribution in [0.2, 0.25) is 5.02 Å². The van der Waals surface area contributed by atoms with Gasteiger partial charge in [0.15, 0.2) is 0 Å². The highest BCUT2D eigenvalue weighted by atomic mass is 35.5.